The van der Waals surface area contributed by atoms with Gasteiger partial charge in [-0.1, -0.05) is 0 Å². The third-order valence-electron chi connectivity index (χ3n) is 21.7. The first-order chi connectivity index (χ1) is 53.5. The smallest absolute Gasteiger partial charge is 0.271 e. The zero-order valence-electron chi connectivity index (χ0n) is 61.2. The Labute approximate surface area is 645 Å². The van der Waals surface area contributed by atoms with Gasteiger partial charge in [0.05, 0.1) is 46.0 Å². The summed E-state index contributed by atoms with van der Waals surface area (Å²) >= 11 is 2.54. The summed E-state index contributed by atoms with van der Waals surface area (Å²) in [6.45, 7) is 13.8. The Balaban J connectivity index is 0.000000154. The van der Waals surface area contributed by atoms with Crippen LogP contribution >= 0.6 is 23.1 Å². The van der Waals surface area contributed by atoms with Gasteiger partial charge in [0, 0.05) is 119 Å². The van der Waals surface area contributed by atoms with Crippen LogP contribution in [-0.4, -0.2) is 230 Å². The SMILES string of the molecule is Cc1cc(Nc2nc(N3CCCC(NC(=O)C4CCN(CC5CN(c6ccc7c(c6)C(=O)N(C6CCC(=O)NC6=O)C7=O)C5)CC4)C3)cnc2C(N)=O)sn1.Cc1cc(Nc2nc(N3CCCC(NC(=O)C4CCNCC4)C3)cnc2C(N)=O)sn1.O=CC1CN(c2ccc3c(c2)C(=O)N(C2CCC(=O)NC2=O)C3=O)C1. The molecule has 0 saturated carbocycles. The van der Waals surface area contributed by atoms with E-state index in [1.807, 2.05) is 36.9 Å². The lowest BCUT2D eigenvalue weighted by molar-refractivity contribution is -0.137. The van der Waals surface area contributed by atoms with Crippen LogP contribution in [0.3, 0.4) is 0 Å². The van der Waals surface area contributed by atoms with Gasteiger partial charge in [0.25, 0.3) is 35.4 Å². The molecular weight excluding hydrogens is 1470 g/mol. The van der Waals surface area contributed by atoms with Crippen molar-refractivity contribution in [2.75, 3.05) is 115 Å². The molecule has 12 amide bonds. The van der Waals surface area contributed by atoms with Crippen LogP contribution in [0.1, 0.15) is 151 Å². The molecule has 8 saturated heterocycles. The number of hydrogen-bond donors (Lipinski definition) is 9. The number of hydrogen-bond acceptors (Lipinski definition) is 29. The molecular formula is C74H86N22O13S2. The number of carbonyl (C=O) groups excluding carboxylic acids is 13. The summed E-state index contributed by atoms with van der Waals surface area (Å²) in [7, 11) is 0. The fraction of sp³-hybridized carbons (Fsp3) is 0.473. The highest BCUT2D eigenvalue weighted by Gasteiger charge is 2.47. The molecule has 4 atom stereocenters. The van der Waals surface area contributed by atoms with Crippen molar-refractivity contribution in [3.63, 3.8) is 0 Å². The number of aromatic nitrogens is 6. The summed E-state index contributed by atoms with van der Waals surface area (Å²) < 4.78 is 8.50. The monoisotopic (exact) mass is 1550 g/mol. The molecule has 16 rings (SSSR count). The minimum Gasteiger partial charge on any atom is -0.371 e. The predicted octanol–water partition coefficient (Wildman–Crippen LogP) is 2.31. The number of fused-ring (bicyclic) bond motifs is 2. The number of rotatable bonds is 19. The van der Waals surface area contributed by atoms with E-state index < -0.39 is 71.2 Å². The second kappa shape index (κ2) is 33.1. The van der Waals surface area contributed by atoms with Crippen LogP contribution in [0.25, 0.3) is 0 Å². The molecule has 10 aliphatic rings. The number of likely N-dealkylation sites (tertiary alicyclic amines) is 1. The Morgan fingerprint density at radius 2 is 0.973 bits per heavy atom. The van der Waals surface area contributed by atoms with Crippen molar-refractivity contribution in [2.24, 2.45) is 35.1 Å². The molecule has 35 nitrogen and oxygen atoms in total. The topological polar surface area (TPSA) is 458 Å². The highest BCUT2D eigenvalue weighted by molar-refractivity contribution is 7.10. The molecule has 0 spiro atoms. The first-order valence-corrected chi connectivity index (χ1v) is 39.0. The van der Waals surface area contributed by atoms with Crippen LogP contribution in [0.2, 0.25) is 0 Å². The molecule has 582 valence electrons. The van der Waals surface area contributed by atoms with Crippen LogP contribution in [0.15, 0.2) is 60.9 Å². The van der Waals surface area contributed by atoms with Gasteiger partial charge in [0.2, 0.25) is 35.4 Å². The van der Waals surface area contributed by atoms with Crippen LogP contribution in [-0.2, 0) is 33.6 Å². The van der Waals surface area contributed by atoms with Crippen molar-refractivity contribution in [3.8, 4) is 0 Å². The fourth-order valence-corrected chi connectivity index (χ4v) is 17.1. The fourth-order valence-electron chi connectivity index (χ4n) is 15.8. The summed E-state index contributed by atoms with van der Waals surface area (Å²) in [5, 5.41) is 21.9. The largest absolute Gasteiger partial charge is 0.371 e. The van der Waals surface area contributed by atoms with Gasteiger partial charge in [0.15, 0.2) is 23.0 Å². The van der Waals surface area contributed by atoms with E-state index in [2.05, 4.69) is 80.5 Å². The number of anilines is 8. The van der Waals surface area contributed by atoms with Crippen LogP contribution < -0.4 is 68.3 Å². The highest BCUT2D eigenvalue weighted by atomic mass is 32.1. The molecule has 11 N–H and O–H groups in total. The van der Waals surface area contributed by atoms with Crippen molar-refractivity contribution < 1.29 is 62.3 Å². The molecule has 37 heteroatoms. The van der Waals surface area contributed by atoms with Crippen LogP contribution in [0.5, 0.6) is 0 Å². The number of nitrogens with zero attached hydrogens (tertiary/aromatic N) is 13. The minimum absolute atomic E-state index is 0.00874. The van der Waals surface area contributed by atoms with Gasteiger partial charge in [-0.3, -0.25) is 78.0 Å². The average molecular weight is 1560 g/mol. The zero-order chi connectivity index (χ0) is 77.9. The number of primary amides is 2. The lowest BCUT2D eigenvalue weighted by atomic mass is 9.92. The van der Waals surface area contributed by atoms with Crippen molar-refractivity contribution in [1.82, 2.24) is 70.0 Å². The van der Waals surface area contributed by atoms with Gasteiger partial charge in [0.1, 0.15) is 40.0 Å². The minimum atomic E-state index is -0.984. The molecule has 6 aromatic rings. The third-order valence-corrected chi connectivity index (χ3v) is 23.3. The Hall–Kier alpha value is -11.3. The van der Waals surface area contributed by atoms with Gasteiger partial charge >= 0.3 is 0 Å². The number of nitrogens with two attached hydrogens (primary N) is 2. The molecule has 0 radical (unpaired) electrons. The van der Waals surface area contributed by atoms with Gasteiger partial charge in [-0.2, -0.15) is 8.75 Å². The third kappa shape index (κ3) is 17.0. The van der Waals surface area contributed by atoms with Crippen molar-refractivity contribution >= 4 is 145 Å². The lowest BCUT2D eigenvalue weighted by Crippen LogP contribution is -2.54. The molecule has 10 aliphatic heterocycles. The van der Waals surface area contributed by atoms with E-state index in [4.69, 9.17) is 16.5 Å². The molecule has 0 aliphatic carbocycles. The maximum atomic E-state index is 13.4. The molecule has 8 fully saturated rings. The molecule has 4 aromatic heterocycles. The lowest BCUT2D eigenvalue weighted by Gasteiger charge is -2.44. The number of amides is 12. The first kappa shape index (κ1) is 76.5. The van der Waals surface area contributed by atoms with Gasteiger partial charge in [-0.25, -0.2) is 19.9 Å². The van der Waals surface area contributed by atoms with E-state index in [-0.39, 0.29) is 107 Å². The van der Waals surface area contributed by atoms with Gasteiger partial charge < -0.3 is 67.3 Å². The second-order valence-electron chi connectivity index (χ2n) is 29.6. The normalized spacial score (nSPS) is 21.9. The van der Waals surface area contributed by atoms with Gasteiger partial charge in [-0.05, 0) is 176 Å². The highest BCUT2D eigenvalue weighted by Crippen LogP contribution is 2.37. The van der Waals surface area contributed by atoms with Crippen LogP contribution in [0.4, 0.5) is 44.6 Å². The van der Waals surface area contributed by atoms with Crippen molar-refractivity contribution in [2.45, 2.75) is 115 Å². The quantitative estimate of drug-likeness (QED) is 0.0415. The van der Waals surface area contributed by atoms with E-state index in [0.29, 0.717) is 49.6 Å². The Morgan fingerprint density at radius 1 is 0.532 bits per heavy atom. The molecule has 111 heavy (non-hydrogen) atoms. The Morgan fingerprint density at radius 3 is 1.40 bits per heavy atom. The van der Waals surface area contributed by atoms with Crippen molar-refractivity contribution in [1.29, 1.82) is 0 Å². The molecule has 0 bridgehead atoms. The standard InChI is InChI=1S/C37H43N11O6S.C20H28N8O2S.C17H15N3O5/c1-20-13-30(55-44-20)43-33-31(32(38)50)39-15-28(41-33)46-10-2-3-23(19-46)40-34(51)22-8-11-45(12-9-22)16-21-17-47(18-21)24-4-5-25-26(14-24)37(54)48(36(25)53)27-6-7-29(49)42-35(27)52;1-12-9-16(31-27-12)26-19-17(18(21)29)23-10-15(25-19)28-8-2-3-14(11-28)24-20(30)13-4-6-22-7-5-13;21-8-9-6-19(7-9)10-1-2-11-12(5-10)17(25)20(16(11)24)13-3-4-14(22)18-15(13)23/h4-5,13-15,21-23,27H,2-3,6-12,16-19H2,1H3,(H2,38,50)(H,40,51)(H,41,43)(H,42,49,52);9-10,13-14,22H,2-8,11H2,1H3,(H2,21,29)(H,24,30)(H,25,26);1-2,5,8-9,13H,3-4,6-7H2,(H,18,22,23). The number of nitrogens with one attached hydrogen (secondary N) is 7. The number of aldehydes is 1. The molecule has 14 heterocycles. The van der Waals surface area contributed by atoms with E-state index in [0.717, 1.165) is 159 Å². The summed E-state index contributed by atoms with van der Waals surface area (Å²) in [6, 6.07) is 12.0. The number of carbonyl (C=O) groups is 13. The number of benzene rings is 2. The number of imide groups is 4. The van der Waals surface area contributed by atoms with E-state index in [9.17, 15) is 62.3 Å². The van der Waals surface area contributed by atoms with Crippen molar-refractivity contribution in [3.05, 3.63) is 106 Å². The average Bonchev–Trinajstić information content (AvgIpc) is 1.61. The summed E-state index contributed by atoms with van der Waals surface area (Å²) in [5.74, 6) is -2.88. The summed E-state index contributed by atoms with van der Waals surface area (Å²) in [5.41, 5.74) is 15.6. The summed E-state index contributed by atoms with van der Waals surface area (Å²) in [4.78, 5) is 190. The predicted molar refractivity (Wildman–Crippen MR) is 407 cm³/mol. The molecule has 2 aromatic carbocycles. The molecule has 4 unspecified atom stereocenters. The van der Waals surface area contributed by atoms with E-state index >= 15 is 0 Å². The Bertz CT molecular complexity index is 4700. The maximum Gasteiger partial charge on any atom is 0.271 e. The second-order valence-corrected chi connectivity index (χ2v) is 31.2. The summed E-state index contributed by atoms with van der Waals surface area (Å²) in [6.07, 6.45) is 11.4. The number of piperidine rings is 6. The van der Waals surface area contributed by atoms with E-state index in [1.165, 1.54) is 23.1 Å². The van der Waals surface area contributed by atoms with Crippen LogP contribution in [0, 0.1) is 37.5 Å². The Kier molecular flexibility index (Phi) is 22.8. The number of aryl methyl sites for hydroxylation is 2. The zero-order valence-corrected chi connectivity index (χ0v) is 62.9. The van der Waals surface area contributed by atoms with Gasteiger partial charge in [-0.15, -0.1) is 0 Å². The first-order valence-electron chi connectivity index (χ1n) is 37.4. The van der Waals surface area contributed by atoms with E-state index in [1.54, 1.807) is 42.7 Å². The maximum absolute atomic E-state index is 13.4.